The largest absolute Gasteiger partial charge is 0.472 e. The molecule has 356 valence electrons. The number of rotatable bonds is 43. The van der Waals surface area contributed by atoms with E-state index in [0.29, 0.717) is 12.8 Å². The van der Waals surface area contributed by atoms with Gasteiger partial charge in [0, 0.05) is 38.8 Å². The summed E-state index contributed by atoms with van der Waals surface area (Å²) in [6.45, 7) is 3.36. The van der Waals surface area contributed by atoms with E-state index in [1.807, 2.05) is 0 Å². The molecule has 13 nitrogen and oxygen atoms in total. The van der Waals surface area contributed by atoms with Crippen LogP contribution in [-0.2, 0) is 47.1 Å². The first kappa shape index (κ1) is 57.0. The SMILES string of the molecule is CCCCCCCCCCCCCCCC(=O)OCC(COP(=O)(O)OCCNC(=O)CCCN1C(=O)CC(SC)C1=O)OC(=O)CCCCCCCCCCCCCCC. The van der Waals surface area contributed by atoms with Crippen LogP contribution in [0.3, 0.4) is 0 Å². The van der Waals surface area contributed by atoms with Gasteiger partial charge in [-0.15, -0.1) is 0 Å². The van der Waals surface area contributed by atoms with Crippen LogP contribution >= 0.6 is 19.6 Å². The summed E-state index contributed by atoms with van der Waals surface area (Å²) >= 11 is 1.33. The van der Waals surface area contributed by atoms with Crippen LogP contribution in [0.4, 0.5) is 0 Å². The van der Waals surface area contributed by atoms with Crippen LogP contribution in [-0.4, -0.2) is 90.0 Å². The summed E-state index contributed by atoms with van der Waals surface area (Å²) in [6, 6.07) is 0. The van der Waals surface area contributed by atoms with Crippen molar-refractivity contribution in [2.75, 3.05) is 39.2 Å². The van der Waals surface area contributed by atoms with E-state index in [2.05, 4.69) is 19.2 Å². The van der Waals surface area contributed by atoms with Crippen LogP contribution in [0.2, 0.25) is 0 Å². The molecule has 0 spiro atoms. The molecule has 3 amide bonds. The normalized spacial score (nSPS) is 15.5. The summed E-state index contributed by atoms with van der Waals surface area (Å²) in [6.07, 6.45) is 32.5. The fourth-order valence-corrected chi connectivity index (χ4v) is 8.71. The van der Waals surface area contributed by atoms with Gasteiger partial charge in [-0.2, -0.15) is 11.8 Å². The first-order chi connectivity index (χ1) is 29.5. The molecule has 3 atom stereocenters. The molecular weight excluding hydrogens is 820 g/mol. The lowest BCUT2D eigenvalue weighted by molar-refractivity contribution is -0.161. The van der Waals surface area contributed by atoms with Crippen molar-refractivity contribution in [3.05, 3.63) is 0 Å². The molecule has 0 aromatic heterocycles. The van der Waals surface area contributed by atoms with E-state index in [4.69, 9.17) is 18.5 Å². The number of unbranched alkanes of at least 4 members (excludes halogenated alkanes) is 24. The zero-order valence-corrected chi connectivity index (χ0v) is 40.2. The molecule has 15 heteroatoms. The topological polar surface area (TPSA) is 175 Å². The molecular formula is C46H85N2O11PS. The van der Waals surface area contributed by atoms with Gasteiger partial charge in [-0.25, -0.2) is 4.57 Å². The molecule has 0 saturated carbocycles. The molecule has 0 aliphatic carbocycles. The van der Waals surface area contributed by atoms with E-state index in [1.54, 1.807) is 6.26 Å². The fraction of sp³-hybridized carbons (Fsp3) is 0.891. The number of likely N-dealkylation sites (tertiary alicyclic amines) is 1. The maximum absolute atomic E-state index is 12.8. The van der Waals surface area contributed by atoms with E-state index >= 15 is 0 Å². The number of nitrogens with one attached hydrogen (secondary N) is 1. The van der Waals surface area contributed by atoms with Crippen molar-refractivity contribution in [2.24, 2.45) is 0 Å². The van der Waals surface area contributed by atoms with Crippen LogP contribution in [0.15, 0.2) is 0 Å². The van der Waals surface area contributed by atoms with Crippen LogP contribution in [0.25, 0.3) is 0 Å². The molecule has 2 N–H and O–H groups in total. The van der Waals surface area contributed by atoms with Gasteiger partial charge < -0.3 is 19.7 Å². The van der Waals surface area contributed by atoms with Crippen LogP contribution in [0.5, 0.6) is 0 Å². The Bertz CT molecular complexity index is 1230. The van der Waals surface area contributed by atoms with Crippen LogP contribution in [0, 0.1) is 0 Å². The summed E-state index contributed by atoms with van der Waals surface area (Å²) in [5.74, 6) is -1.77. The summed E-state index contributed by atoms with van der Waals surface area (Å²) in [7, 11) is -4.62. The minimum Gasteiger partial charge on any atom is -0.462 e. The molecule has 1 heterocycles. The van der Waals surface area contributed by atoms with Gasteiger partial charge in [0.25, 0.3) is 0 Å². The maximum Gasteiger partial charge on any atom is 0.472 e. The Balaban J connectivity index is 2.41. The lowest BCUT2D eigenvalue weighted by Gasteiger charge is -2.20. The predicted molar refractivity (Wildman–Crippen MR) is 244 cm³/mol. The number of imide groups is 1. The van der Waals surface area contributed by atoms with Gasteiger partial charge in [-0.1, -0.05) is 168 Å². The molecule has 0 aromatic carbocycles. The highest BCUT2D eigenvalue weighted by Gasteiger charge is 2.37. The number of phosphoric ester groups is 1. The van der Waals surface area contributed by atoms with Crippen molar-refractivity contribution < 1.29 is 52.0 Å². The average molecular weight is 905 g/mol. The van der Waals surface area contributed by atoms with Crippen molar-refractivity contribution in [1.82, 2.24) is 10.2 Å². The Morgan fingerprint density at radius 3 is 1.59 bits per heavy atom. The van der Waals surface area contributed by atoms with E-state index in [1.165, 1.54) is 132 Å². The number of amides is 3. The van der Waals surface area contributed by atoms with Crippen LogP contribution in [0.1, 0.15) is 213 Å². The highest BCUT2D eigenvalue weighted by Crippen LogP contribution is 2.43. The molecule has 61 heavy (non-hydrogen) atoms. The Hall–Kier alpha value is -1.99. The zero-order valence-electron chi connectivity index (χ0n) is 38.4. The molecule has 1 rings (SSSR count). The Kier molecular flexibility index (Phi) is 36.0. The number of hydrogen-bond donors (Lipinski definition) is 2. The van der Waals surface area contributed by atoms with Gasteiger partial charge in [0.2, 0.25) is 17.7 Å². The molecule has 0 aromatic rings. The quantitative estimate of drug-likeness (QED) is 0.0257. The molecule has 1 aliphatic rings. The number of ether oxygens (including phenoxy) is 2. The van der Waals surface area contributed by atoms with Crippen molar-refractivity contribution in [2.45, 2.75) is 224 Å². The van der Waals surface area contributed by atoms with Crippen LogP contribution < -0.4 is 5.32 Å². The lowest BCUT2D eigenvalue weighted by Crippen LogP contribution is -2.33. The maximum atomic E-state index is 12.8. The third-order valence-corrected chi connectivity index (χ3v) is 13.0. The second kappa shape index (κ2) is 38.5. The predicted octanol–water partition coefficient (Wildman–Crippen LogP) is 10.9. The summed E-state index contributed by atoms with van der Waals surface area (Å²) in [5.41, 5.74) is 0. The van der Waals surface area contributed by atoms with E-state index in [0.717, 1.165) is 38.5 Å². The van der Waals surface area contributed by atoms with E-state index in [-0.39, 0.29) is 81.4 Å². The number of carbonyl (C=O) groups excluding carboxylic acids is 5. The molecule has 1 fully saturated rings. The second-order valence-electron chi connectivity index (χ2n) is 16.6. The summed E-state index contributed by atoms with van der Waals surface area (Å²) in [5, 5.41) is 2.20. The Morgan fingerprint density at radius 1 is 0.672 bits per heavy atom. The summed E-state index contributed by atoms with van der Waals surface area (Å²) in [4.78, 5) is 73.4. The number of phosphoric acid groups is 1. The number of thioether (sulfide) groups is 1. The van der Waals surface area contributed by atoms with Gasteiger partial charge in [0.1, 0.15) is 6.61 Å². The zero-order chi connectivity index (χ0) is 44.8. The highest BCUT2D eigenvalue weighted by molar-refractivity contribution is 8.00. The third kappa shape index (κ3) is 32.3. The number of hydrogen-bond acceptors (Lipinski definition) is 11. The first-order valence-electron chi connectivity index (χ1n) is 24.1. The van der Waals surface area contributed by atoms with E-state index in [9.17, 15) is 33.4 Å². The third-order valence-electron chi connectivity index (χ3n) is 11.1. The van der Waals surface area contributed by atoms with Gasteiger partial charge in [-0.05, 0) is 25.5 Å². The number of nitrogens with zero attached hydrogens (tertiary/aromatic N) is 1. The average Bonchev–Trinajstić information content (AvgIpc) is 3.51. The van der Waals surface area contributed by atoms with Crippen molar-refractivity contribution >= 4 is 49.2 Å². The second-order valence-corrected chi connectivity index (χ2v) is 19.1. The monoisotopic (exact) mass is 905 g/mol. The fourth-order valence-electron chi connectivity index (χ4n) is 7.32. The Morgan fingerprint density at radius 2 is 1.13 bits per heavy atom. The molecule has 3 unspecified atom stereocenters. The standard InChI is InChI=1S/C46H85N2O11PS/c1-4-6-8-10-12-14-16-18-20-22-24-26-28-32-44(51)56-38-40(59-45(52)33-29-27-25-23-21-19-17-15-13-11-9-7-5-2)39-58-60(54,55)57-36-34-47-42(49)31-30-35-48-43(50)37-41(61-3)46(48)53/h40-41H,4-39H2,1-3H3,(H,47,49)(H,54,55). The highest BCUT2D eigenvalue weighted by atomic mass is 32.2. The van der Waals surface area contributed by atoms with Gasteiger partial charge >= 0.3 is 19.8 Å². The van der Waals surface area contributed by atoms with Crippen molar-refractivity contribution in [3.63, 3.8) is 0 Å². The van der Waals surface area contributed by atoms with E-state index < -0.39 is 32.5 Å². The molecule has 0 bridgehead atoms. The van der Waals surface area contributed by atoms with Crippen molar-refractivity contribution in [3.8, 4) is 0 Å². The lowest BCUT2D eigenvalue weighted by atomic mass is 10.0. The van der Waals surface area contributed by atoms with Gasteiger partial charge in [0.05, 0.1) is 18.5 Å². The molecule has 1 saturated heterocycles. The number of carbonyl (C=O) groups is 5. The number of esters is 2. The van der Waals surface area contributed by atoms with Gasteiger partial charge in [-0.3, -0.25) is 37.9 Å². The molecule has 0 radical (unpaired) electrons. The minimum atomic E-state index is -4.62. The van der Waals surface area contributed by atoms with Gasteiger partial charge in [0.15, 0.2) is 6.10 Å². The first-order valence-corrected chi connectivity index (χ1v) is 26.9. The van der Waals surface area contributed by atoms with Crippen molar-refractivity contribution in [1.29, 1.82) is 0 Å². The Labute approximate surface area is 373 Å². The summed E-state index contributed by atoms with van der Waals surface area (Å²) < 4.78 is 33.8. The minimum absolute atomic E-state index is 0.0543. The smallest absolute Gasteiger partial charge is 0.462 e. The molecule has 1 aliphatic heterocycles.